The molecule has 3 rings (SSSR count). The highest BCUT2D eigenvalue weighted by Crippen LogP contribution is 2.36. The predicted octanol–water partition coefficient (Wildman–Crippen LogP) is 5.78. The minimum Gasteiger partial charge on any atom is -0.494 e. The normalized spacial score (nSPS) is 15.6. The maximum absolute atomic E-state index is 11.6. The van der Waals surface area contributed by atoms with E-state index in [1.807, 2.05) is 36.4 Å². The van der Waals surface area contributed by atoms with Crippen molar-refractivity contribution < 1.29 is 19.0 Å². The number of carbonyl (C=O) groups is 1. The van der Waals surface area contributed by atoms with E-state index in [9.17, 15) is 4.79 Å². The lowest BCUT2D eigenvalue weighted by molar-refractivity contribution is -0.144. The van der Waals surface area contributed by atoms with E-state index >= 15 is 0 Å². The molecule has 1 aliphatic heterocycles. The molecule has 4 heteroatoms. The quantitative estimate of drug-likeness (QED) is 0.320. The maximum atomic E-state index is 11.6. The van der Waals surface area contributed by atoms with Crippen molar-refractivity contribution in [2.24, 2.45) is 0 Å². The van der Waals surface area contributed by atoms with Crippen LogP contribution >= 0.6 is 0 Å². The summed E-state index contributed by atoms with van der Waals surface area (Å²) < 4.78 is 16.7. The lowest BCUT2D eigenvalue weighted by atomic mass is 10.0. The van der Waals surface area contributed by atoms with E-state index in [4.69, 9.17) is 14.2 Å². The van der Waals surface area contributed by atoms with Gasteiger partial charge in [-0.2, -0.15) is 0 Å². The monoisotopic (exact) mass is 368 g/mol. The van der Waals surface area contributed by atoms with Crippen molar-refractivity contribution in [3.8, 4) is 28.4 Å². The van der Waals surface area contributed by atoms with Gasteiger partial charge in [-0.1, -0.05) is 57.2 Å². The summed E-state index contributed by atoms with van der Waals surface area (Å²) in [6.45, 7) is 4.69. The van der Waals surface area contributed by atoms with Crippen molar-refractivity contribution in [1.82, 2.24) is 0 Å². The molecule has 1 aliphatic rings. The first kappa shape index (κ1) is 19.3. The van der Waals surface area contributed by atoms with Crippen LogP contribution in [0.25, 0.3) is 11.1 Å². The van der Waals surface area contributed by atoms with Crippen LogP contribution in [-0.4, -0.2) is 18.7 Å². The van der Waals surface area contributed by atoms with Crippen LogP contribution in [0.3, 0.4) is 0 Å². The van der Waals surface area contributed by atoms with Crippen molar-refractivity contribution >= 4 is 5.97 Å². The Morgan fingerprint density at radius 1 is 0.889 bits per heavy atom. The molecule has 0 radical (unpaired) electrons. The van der Waals surface area contributed by atoms with Gasteiger partial charge < -0.3 is 14.2 Å². The average molecular weight is 368 g/mol. The van der Waals surface area contributed by atoms with Gasteiger partial charge in [0.15, 0.2) is 17.6 Å². The molecule has 0 saturated heterocycles. The summed E-state index contributed by atoms with van der Waals surface area (Å²) in [5, 5.41) is 0. The zero-order valence-corrected chi connectivity index (χ0v) is 16.2. The van der Waals surface area contributed by atoms with E-state index < -0.39 is 6.10 Å². The molecule has 0 N–H and O–H groups in total. The molecular weight excluding hydrogens is 340 g/mol. The maximum Gasteiger partial charge on any atom is 0.352 e. The SMILES string of the molecule is CCCCCCCCOc1ccc(-c2ccc3c(c2)O[C@H](C)C(=O)O3)cc1. The van der Waals surface area contributed by atoms with Crippen molar-refractivity contribution in [2.75, 3.05) is 6.61 Å². The van der Waals surface area contributed by atoms with Gasteiger partial charge in [-0.3, -0.25) is 0 Å². The number of hydrogen-bond acceptors (Lipinski definition) is 4. The summed E-state index contributed by atoms with van der Waals surface area (Å²) in [5.41, 5.74) is 2.08. The van der Waals surface area contributed by atoms with E-state index in [0.29, 0.717) is 11.5 Å². The molecule has 1 atom stereocenters. The van der Waals surface area contributed by atoms with Crippen LogP contribution in [0, 0.1) is 0 Å². The third-order valence-corrected chi connectivity index (χ3v) is 4.74. The number of benzene rings is 2. The molecule has 0 saturated carbocycles. The van der Waals surface area contributed by atoms with Crippen LogP contribution in [0.15, 0.2) is 42.5 Å². The zero-order valence-electron chi connectivity index (χ0n) is 16.2. The summed E-state index contributed by atoms with van der Waals surface area (Å²) in [7, 11) is 0. The summed E-state index contributed by atoms with van der Waals surface area (Å²) >= 11 is 0. The molecule has 27 heavy (non-hydrogen) atoms. The fourth-order valence-corrected chi connectivity index (χ4v) is 3.11. The van der Waals surface area contributed by atoms with Crippen LogP contribution in [0.4, 0.5) is 0 Å². The van der Waals surface area contributed by atoms with Crippen molar-refractivity contribution in [3.63, 3.8) is 0 Å². The second-order valence-electron chi connectivity index (χ2n) is 6.98. The van der Waals surface area contributed by atoms with Gasteiger partial charge in [-0.05, 0) is 48.7 Å². The molecule has 0 spiro atoms. The third-order valence-electron chi connectivity index (χ3n) is 4.74. The minimum atomic E-state index is -0.578. The number of unbranched alkanes of at least 4 members (excludes halogenated alkanes) is 5. The molecule has 144 valence electrons. The minimum absolute atomic E-state index is 0.359. The van der Waals surface area contributed by atoms with Crippen molar-refractivity contribution in [1.29, 1.82) is 0 Å². The Kier molecular flexibility index (Phi) is 6.74. The Labute approximate surface area is 161 Å². The van der Waals surface area contributed by atoms with Crippen molar-refractivity contribution in [2.45, 2.75) is 58.5 Å². The first-order valence-electron chi connectivity index (χ1n) is 9.93. The van der Waals surface area contributed by atoms with Crippen LogP contribution in [-0.2, 0) is 4.79 Å². The predicted molar refractivity (Wildman–Crippen MR) is 106 cm³/mol. The van der Waals surface area contributed by atoms with Gasteiger partial charge in [0, 0.05) is 0 Å². The molecule has 2 aromatic carbocycles. The Bertz CT molecular complexity index is 751. The van der Waals surface area contributed by atoms with E-state index in [2.05, 4.69) is 6.92 Å². The lowest BCUT2D eigenvalue weighted by Gasteiger charge is -2.22. The largest absolute Gasteiger partial charge is 0.494 e. The summed E-state index contributed by atoms with van der Waals surface area (Å²) in [4.78, 5) is 11.6. The summed E-state index contributed by atoms with van der Waals surface area (Å²) in [5.74, 6) is 1.61. The van der Waals surface area contributed by atoms with E-state index in [-0.39, 0.29) is 5.97 Å². The lowest BCUT2D eigenvalue weighted by Crippen LogP contribution is -2.32. The highest BCUT2D eigenvalue weighted by molar-refractivity contribution is 5.81. The molecule has 0 amide bonds. The number of hydrogen-bond donors (Lipinski definition) is 0. The third kappa shape index (κ3) is 5.25. The van der Waals surface area contributed by atoms with Gasteiger partial charge >= 0.3 is 5.97 Å². The topological polar surface area (TPSA) is 44.8 Å². The van der Waals surface area contributed by atoms with Gasteiger partial charge in [0.05, 0.1) is 6.61 Å². The van der Waals surface area contributed by atoms with Gasteiger partial charge in [0.1, 0.15) is 5.75 Å². The summed E-state index contributed by atoms with van der Waals surface area (Å²) in [6.07, 6.45) is 6.99. The molecule has 0 fully saturated rings. The fourth-order valence-electron chi connectivity index (χ4n) is 3.11. The highest BCUT2D eigenvalue weighted by atomic mass is 16.6. The van der Waals surface area contributed by atoms with Crippen LogP contribution in [0.2, 0.25) is 0 Å². The van der Waals surface area contributed by atoms with Gasteiger partial charge in [-0.15, -0.1) is 0 Å². The van der Waals surface area contributed by atoms with Crippen LogP contribution in [0.1, 0.15) is 52.4 Å². The fraction of sp³-hybridized carbons (Fsp3) is 0.435. The van der Waals surface area contributed by atoms with Gasteiger partial charge in [0.25, 0.3) is 0 Å². The number of esters is 1. The number of fused-ring (bicyclic) bond motifs is 1. The Balaban J connectivity index is 1.53. The average Bonchev–Trinajstić information content (AvgIpc) is 2.68. The molecule has 0 aromatic heterocycles. The summed E-state index contributed by atoms with van der Waals surface area (Å²) in [6, 6.07) is 13.7. The molecule has 2 aromatic rings. The Morgan fingerprint density at radius 2 is 1.59 bits per heavy atom. The number of ether oxygens (including phenoxy) is 3. The molecule has 0 bridgehead atoms. The highest BCUT2D eigenvalue weighted by Gasteiger charge is 2.26. The molecular formula is C23H28O4. The second-order valence-corrected chi connectivity index (χ2v) is 6.98. The molecule has 0 aliphatic carbocycles. The van der Waals surface area contributed by atoms with Crippen LogP contribution < -0.4 is 14.2 Å². The Morgan fingerprint density at radius 3 is 2.37 bits per heavy atom. The van der Waals surface area contributed by atoms with E-state index in [1.165, 1.54) is 32.1 Å². The Hall–Kier alpha value is -2.49. The first-order chi connectivity index (χ1) is 13.2. The van der Waals surface area contributed by atoms with E-state index in [1.54, 1.807) is 13.0 Å². The number of carbonyl (C=O) groups excluding carboxylic acids is 1. The first-order valence-corrected chi connectivity index (χ1v) is 9.93. The molecule has 1 heterocycles. The van der Waals surface area contributed by atoms with Crippen LogP contribution in [0.5, 0.6) is 17.2 Å². The van der Waals surface area contributed by atoms with Crippen molar-refractivity contribution in [3.05, 3.63) is 42.5 Å². The smallest absolute Gasteiger partial charge is 0.352 e. The van der Waals surface area contributed by atoms with E-state index in [0.717, 1.165) is 29.9 Å². The standard InChI is InChI=1S/C23H28O4/c1-3-4-5-6-7-8-15-25-20-12-9-18(10-13-20)19-11-14-21-22(16-19)26-17(2)23(24)27-21/h9-14,16-17H,3-8,15H2,1-2H3/t17-/m1/s1. The molecule has 0 unspecified atom stereocenters. The van der Waals surface area contributed by atoms with Gasteiger partial charge in [0.2, 0.25) is 0 Å². The number of rotatable bonds is 9. The van der Waals surface area contributed by atoms with Gasteiger partial charge in [-0.25, -0.2) is 4.79 Å². The zero-order chi connectivity index (χ0) is 19.1. The second kappa shape index (κ2) is 9.45. The molecule has 4 nitrogen and oxygen atoms in total.